The molecule has 2 atom stereocenters. The quantitative estimate of drug-likeness (QED) is 0.755. The summed E-state index contributed by atoms with van der Waals surface area (Å²) < 4.78 is 25.7. The predicted molar refractivity (Wildman–Crippen MR) is 67.2 cm³/mol. The molecule has 0 heterocycles. The predicted octanol–water partition coefficient (Wildman–Crippen LogP) is 1.10. The van der Waals surface area contributed by atoms with Crippen LogP contribution in [0.2, 0.25) is 0 Å². The van der Waals surface area contributed by atoms with Crippen LogP contribution in [0.5, 0.6) is 0 Å². The molecular weight excluding hydrogens is 256 g/mol. The van der Waals surface area contributed by atoms with Gasteiger partial charge < -0.3 is 5.11 Å². The Kier molecular flexibility index (Phi) is 5.77. The largest absolute Gasteiger partial charge is 0.481 e. The van der Waals surface area contributed by atoms with Crippen LogP contribution in [-0.2, 0) is 14.8 Å². The van der Waals surface area contributed by atoms with Crippen LogP contribution < -0.4 is 4.72 Å². The molecule has 0 aliphatic heterocycles. The van der Waals surface area contributed by atoms with Gasteiger partial charge in [-0.25, -0.2) is 13.1 Å². The van der Waals surface area contributed by atoms with Crippen LogP contribution in [0.4, 0.5) is 0 Å². The summed E-state index contributed by atoms with van der Waals surface area (Å²) in [7, 11) is -3.80. The highest BCUT2D eigenvalue weighted by molar-refractivity contribution is 7.90. The second-order valence-corrected chi connectivity index (χ2v) is 7.53. The van der Waals surface area contributed by atoms with Crippen LogP contribution >= 0.6 is 0 Å². The van der Waals surface area contributed by atoms with Crippen molar-refractivity contribution in [1.82, 2.24) is 4.72 Å². The molecule has 0 aliphatic rings. The first-order chi connectivity index (χ1) is 7.98. The highest BCUT2D eigenvalue weighted by Gasteiger charge is 2.28. The van der Waals surface area contributed by atoms with Crippen molar-refractivity contribution in [2.24, 2.45) is 5.41 Å². The van der Waals surface area contributed by atoms with Crippen molar-refractivity contribution >= 4 is 16.0 Å². The number of nitrogens with zero attached hydrogens (tertiary/aromatic N) is 1. The van der Waals surface area contributed by atoms with Crippen molar-refractivity contribution < 1.29 is 18.3 Å². The van der Waals surface area contributed by atoms with Crippen LogP contribution in [0.3, 0.4) is 0 Å². The third-order valence-electron chi connectivity index (χ3n) is 2.26. The lowest BCUT2D eigenvalue weighted by atomic mass is 9.87. The number of aliphatic carboxylic acids is 1. The summed E-state index contributed by atoms with van der Waals surface area (Å²) in [6, 6.07) is 0.924. The molecule has 0 amide bonds. The lowest BCUT2D eigenvalue weighted by Gasteiger charge is -2.26. The van der Waals surface area contributed by atoms with E-state index in [1.54, 1.807) is 6.07 Å². The molecule has 0 aromatic heterocycles. The topological polar surface area (TPSA) is 107 Å². The van der Waals surface area contributed by atoms with Crippen molar-refractivity contribution in [3.05, 3.63) is 0 Å². The molecule has 0 aliphatic carbocycles. The Labute approximate surface area is 108 Å². The van der Waals surface area contributed by atoms with Crippen molar-refractivity contribution in [2.45, 2.75) is 51.8 Å². The van der Waals surface area contributed by atoms with Gasteiger partial charge in [0.15, 0.2) is 5.25 Å². The van der Waals surface area contributed by atoms with Crippen molar-refractivity contribution in [3.8, 4) is 6.07 Å². The van der Waals surface area contributed by atoms with Gasteiger partial charge in [-0.2, -0.15) is 5.26 Å². The maximum Gasteiger partial charge on any atom is 0.304 e. The van der Waals surface area contributed by atoms with Crippen LogP contribution in [0.15, 0.2) is 0 Å². The number of hydrogen-bond donors (Lipinski definition) is 2. The van der Waals surface area contributed by atoms with Gasteiger partial charge in [0.2, 0.25) is 10.0 Å². The minimum atomic E-state index is -3.80. The number of carboxylic acids is 1. The summed E-state index contributed by atoms with van der Waals surface area (Å²) in [5, 5.41) is 16.2. The summed E-state index contributed by atoms with van der Waals surface area (Å²) in [5.74, 6) is -1.07. The average molecular weight is 276 g/mol. The Morgan fingerprint density at radius 1 is 1.44 bits per heavy atom. The average Bonchev–Trinajstić information content (AvgIpc) is 2.11. The van der Waals surface area contributed by atoms with E-state index in [1.165, 1.54) is 6.92 Å². The number of nitriles is 1. The minimum Gasteiger partial charge on any atom is -0.481 e. The molecule has 0 saturated heterocycles. The maximum absolute atomic E-state index is 11.7. The van der Waals surface area contributed by atoms with Gasteiger partial charge in [-0.05, 0) is 18.8 Å². The molecule has 2 unspecified atom stereocenters. The second-order valence-electron chi connectivity index (χ2n) is 5.49. The van der Waals surface area contributed by atoms with Gasteiger partial charge in [-0.3, -0.25) is 4.79 Å². The number of nitrogens with one attached hydrogen (secondary N) is 1. The van der Waals surface area contributed by atoms with Gasteiger partial charge in [0, 0.05) is 6.04 Å². The van der Waals surface area contributed by atoms with E-state index >= 15 is 0 Å². The van der Waals surface area contributed by atoms with E-state index in [0.717, 1.165) is 0 Å². The van der Waals surface area contributed by atoms with Crippen molar-refractivity contribution in [3.63, 3.8) is 0 Å². The standard InChI is InChI=1S/C11H20N2O4S/c1-8(7-12)18(16,17)13-9(5-10(14)15)6-11(2,3)4/h8-9,13H,5-6H2,1-4H3,(H,14,15). The van der Waals surface area contributed by atoms with E-state index in [1.807, 2.05) is 20.8 Å². The fourth-order valence-corrected chi connectivity index (χ4v) is 2.48. The van der Waals surface area contributed by atoms with E-state index in [4.69, 9.17) is 10.4 Å². The minimum absolute atomic E-state index is 0.210. The first-order valence-corrected chi connectivity index (χ1v) is 7.15. The summed E-state index contributed by atoms with van der Waals surface area (Å²) in [6.07, 6.45) is 0.0886. The zero-order chi connectivity index (χ0) is 14.6. The highest BCUT2D eigenvalue weighted by Crippen LogP contribution is 2.22. The molecule has 7 heteroatoms. The van der Waals surface area contributed by atoms with E-state index in [-0.39, 0.29) is 11.8 Å². The van der Waals surface area contributed by atoms with Crippen molar-refractivity contribution in [2.75, 3.05) is 0 Å². The number of carbonyl (C=O) groups is 1. The van der Waals surface area contributed by atoms with Gasteiger partial charge in [0.25, 0.3) is 0 Å². The van der Waals surface area contributed by atoms with Crippen molar-refractivity contribution in [1.29, 1.82) is 5.26 Å². The summed E-state index contributed by atoms with van der Waals surface area (Å²) in [4.78, 5) is 10.7. The fraction of sp³-hybridized carbons (Fsp3) is 0.818. The molecule has 0 spiro atoms. The normalized spacial score (nSPS) is 15.7. The molecule has 6 nitrogen and oxygen atoms in total. The molecule has 0 fully saturated rings. The first kappa shape index (κ1) is 16.9. The van der Waals surface area contributed by atoms with E-state index in [2.05, 4.69) is 4.72 Å². The Bertz CT molecular complexity index is 431. The van der Waals surface area contributed by atoms with Gasteiger partial charge in [0.1, 0.15) is 0 Å². The number of carboxylic acid groups (broad SMARTS) is 1. The van der Waals surface area contributed by atoms with Gasteiger partial charge in [0.05, 0.1) is 12.5 Å². The molecule has 0 rings (SSSR count). The number of rotatable bonds is 6. The third-order valence-corrected chi connectivity index (χ3v) is 3.96. The monoisotopic (exact) mass is 276 g/mol. The molecule has 104 valence electrons. The molecule has 0 bridgehead atoms. The van der Waals surface area contributed by atoms with E-state index < -0.39 is 27.3 Å². The second kappa shape index (κ2) is 6.16. The third kappa shape index (κ3) is 6.57. The number of hydrogen-bond acceptors (Lipinski definition) is 4. The maximum atomic E-state index is 11.7. The molecule has 0 aromatic rings. The molecule has 2 N–H and O–H groups in total. The van der Waals surface area contributed by atoms with Crippen LogP contribution in [0.25, 0.3) is 0 Å². The Morgan fingerprint density at radius 2 is 1.94 bits per heavy atom. The summed E-state index contributed by atoms with van der Waals surface area (Å²) in [5.41, 5.74) is -0.210. The Hall–Kier alpha value is -1.13. The Balaban J connectivity index is 4.91. The lowest BCUT2D eigenvalue weighted by molar-refractivity contribution is -0.137. The molecular formula is C11H20N2O4S. The van der Waals surface area contributed by atoms with Crippen LogP contribution in [-0.4, -0.2) is 30.8 Å². The Morgan fingerprint density at radius 3 is 2.28 bits per heavy atom. The van der Waals surface area contributed by atoms with Gasteiger partial charge in [-0.15, -0.1) is 0 Å². The van der Waals surface area contributed by atoms with Crippen LogP contribution in [0, 0.1) is 16.7 Å². The first-order valence-electron chi connectivity index (χ1n) is 5.60. The van der Waals surface area contributed by atoms with Gasteiger partial charge in [-0.1, -0.05) is 20.8 Å². The van der Waals surface area contributed by atoms with Crippen LogP contribution in [0.1, 0.15) is 40.5 Å². The molecule has 0 radical (unpaired) electrons. The summed E-state index contributed by atoms with van der Waals surface area (Å²) >= 11 is 0. The van der Waals surface area contributed by atoms with E-state index in [0.29, 0.717) is 6.42 Å². The smallest absolute Gasteiger partial charge is 0.304 e. The molecule has 18 heavy (non-hydrogen) atoms. The highest BCUT2D eigenvalue weighted by atomic mass is 32.2. The molecule has 0 saturated carbocycles. The SMILES string of the molecule is CC(C#N)S(=O)(=O)NC(CC(=O)O)CC(C)(C)C. The zero-order valence-electron chi connectivity index (χ0n) is 11.1. The van der Waals surface area contributed by atoms with Gasteiger partial charge >= 0.3 is 5.97 Å². The van der Waals surface area contributed by atoms with E-state index in [9.17, 15) is 13.2 Å². The summed E-state index contributed by atoms with van der Waals surface area (Å²) in [6.45, 7) is 6.94. The lowest BCUT2D eigenvalue weighted by Crippen LogP contribution is -2.42. The molecule has 0 aromatic carbocycles. The zero-order valence-corrected chi connectivity index (χ0v) is 11.9. The number of sulfonamides is 1. The fourth-order valence-electron chi connectivity index (χ4n) is 1.51.